The first-order valence-electron chi connectivity index (χ1n) is 9.86. The van der Waals surface area contributed by atoms with Crippen LogP contribution in [0, 0.1) is 0 Å². The fraction of sp³-hybridized carbons (Fsp3) is 0.476. The molecule has 2 aromatic rings. The van der Waals surface area contributed by atoms with Crippen LogP contribution in [0.25, 0.3) is 0 Å². The third-order valence-electron chi connectivity index (χ3n) is 4.87. The highest BCUT2D eigenvalue weighted by molar-refractivity contribution is 5.95. The Morgan fingerprint density at radius 3 is 2.89 bits per heavy atom. The first-order chi connectivity index (χ1) is 13.6. The zero-order chi connectivity index (χ0) is 19.9. The molecular weight excluding hydrogens is 354 g/mol. The monoisotopic (exact) mass is 383 g/mol. The lowest BCUT2D eigenvalue weighted by molar-refractivity contribution is -0.118. The van der Waals surface area contributed by atoms with E-state index >= 15 is 0 Å². The molecule has 2 heterocycles. The van der Waals surface area contributed by atoms with Crippen LogP contribution >= 0.6 is 0 Å². The predicted molar refractivity (Wildman–Crippen MR) is 111 cm³/mol. The molecule has 0 spiro atoms. The molecule has 28 heavy (non-hydrogen) atoms. The molecular formula is C21H29N5O2. The molecule has 0 saturated carbocycles. The van der Waals surface area contributed by atoms with Gasteiger partial charge in [0.15, 0.2) is 11.7 Å². The Bertz CT molecular complexity index is 828. The molecule has 0 saturated heterocycles. The lowest BCUT2D eigenvalue weighted by atomic mass is 10.1. The molecule has 1 aromatic heterocycles. The summed E-state index contributed by atoms with van der Waals surface area (Å²) in [7, 11) is 1.72. The minimum atomic E-state index is 0.178. The van der Waals surface area contributed by atoms with E-state index in [0.717, 1.165) is 36.5 Å². The van der Waals surface area contributed by atoms with Crippen molar-refractivity contribution in [3.63, 3.8) is 0 Å². The van der Waals surface area contributed by atoms with Crippen LogP contribution in [0.2, 0.25) is 0 Å². The summed E-state index contributed by atoms with van der Waals surface area (Å²) in [6, 6.07) is 10.1. The van der Waals surface area contributed by atoms with Gasteiger partial charge in [-0.25, -0.2) is 0 Å². The van der Waals surface area contributed by atoms with Gasteiger partial charge < -0.3 is 20.1 Å². The highest BCUT2D eigenvalue weighted by Gasteiger charge is 2.23. The summed E-state index contributed by atoms with van der Waals surface area (Å²) >= 11 is 0. The molecule has 1 aliphatic heterocycles. The molecule has 1 aliphatic rings. The lowest BCUT2D eigenvalue weighted by Gasteiger charge is -2.17. The molecule has 0 fully saturated rings. The number of fused-ring (bicyclic) bond motifs is 1. The van der Waals surface area contributed by atoms with Crippen molar-refractivity contribution in [2.45, 2.75) is 45.6 Å². The van der Waals surface area contributed by atoms with Crippen molar-refractivity contribution < 1.29 is 9.32 Å². The molecule has 0 radical (unpaired) electrons. The zero-order valence-electron chi connectivity index (χ0n) is 16.9. The van der Waals surface area contributed by atoms with Crippen LogP contribution in [0.1, 0.15) is 49.6 Å². The number of anilines is 1. The molecule has 7 nitrogen and oxygen atoms in total. The molecule has 0 bridgehead atoms. The van der Waals surface area contributed by atoms with E-state index in [0.29, 0.717) is 31.4 Å². The van der Waals surface area contributed by atoms with Gasteiger partial charge in [-0.3, -0.25) is 9.79 Å². The Labute approximate surface area is 166 Å². The average Bonchev–Trinajstić information content (AvgIpc) is 3.34. The van der Waals surface area contributed by atoms with E-state index in [9.17, 15) is 4.79 Å². The summed E-state index contributed by atoms with van der Waals surface area (Å²) in [5, 5.41) is 10.5. The second-order valence-electron chi connectivity index (χ2n) is 7.25. The van der Waals surface area contributed by atoms with Crippen LogP contribution in [0.15, 0.2) is 39.8 Å². The number of carbonyl (C=O) groups is 1. The topological polar surface area (TPSA) is 82.8 Å². The van der Waals surface area contributed by atoms with E-state index in [1.54, 1.807) is 7.05 Å². The molecule has 2 N–H and O–H groups in total. The molecule has 0 aliphatic carbocycles. The van der Waals surface area contributed by atoms with Gasteiger partial charge in [-0.1, -0.05) is 37.2 Å². The number of nitrogens with zero attached hydrogens (tertiary/aromatic N) is 3. The zero-order valence-corrected chi connectivity index (χ0v) is 16.9. The average molecular weight is 383 g/mol. The molecule has 150 valence electrons. The van der Waals surface area contributed by atoms with Crippen LogP contribution in [0.3, 0.4) is 0 Å². The number of rotatable bonds is 7. The van der Waals surface area contributed by atoms with E-state index in [4.69, 9.17) is 4.52 Å². The SMILES string of the molecule is CN=C(NCCCC(=O)N1CCc2ccccc21)NCc1cc(C(C)C)no1. The van der Waals surface area contributed by atoms with Crippen LogP contribution in [0.5, 0.6) is 0 Å². The van der Waals surface area contributed by atoms with E-state index in [-0.39, 0.29) is 5.91 Å². The highest BCUT2D eigenvalue weighted by Crippen LogP contribution is 2.27. The Kier molecular flexibility index (Phi) is 6.68. The molecule has 0 unspecified atom stereocenters. The van der Waals surface area contributed by atoms with Crippen molar-refractivity contribution in [3.8, 4) is 0 Å². The summed E-state index contributed by atoms with van der Waals surface area (Å²) < 4.78 is 5.32. The Hall–Kier alpha value is -2.83. The van der Waals surface area contributed by atoms with Gasteiger partial charge in [-0.2, -0.15) is 0 Å². The fourth-order valence-electron chi connectivity index (χ4n) is 3.25. The Morgan fingerprint density at radius 2 is 2.14 bits per heavy atom. The number of amides is 1. The van der Waals surface area contributed by atoms with Gasteiger partial charge in [0.25, 0.3) is 0 Å². The Morgan fingerprint density at radius 1 is 1.32 bits per heavy atom. The number of aliphatic imine (C=N–C) groups is 1. The first kappa shape index (κ1) is 19.9. The van der Waals surface area contributed by atoms with Crippen LogP contribution in [-0.2, 0) is 17.8 Å². The molecule has 0 atom stereocenters. The molecule has 3 rings (SSSR count). The van der Waals surface area contributed by atoms with Gasteiger partial charge in [0, 0.05) is 38.3 Å². The molecule has 1 amide bonds. The standard InChI is InChI=1S/C21H29N5O2/c1-15(2)18-13-17(28-25-18)14-24-21(22-3)23-11-6-9-20(27)26-12-10-16-7-4-5-8-19(16)26/h4-5,7-8,13,15H,6,9-12,14H2,1-3H3,(H2,22,23,24). The number of aromatic nitrogens is 1. The second-order valence-corrected chi connectivity index (χ2v) is 7.25. The normalized spacial score (nSPS) is 13.7. The summed E-state index contributed by atoms with van der Waals surface area (Å²) in [6.45, 7) is 6.14. The van der Waals surface area contributed by atoms with E-state index in [1.807, 2.05) is 29.2 Å². The largest absolute Gasteiger partial charge is 0.359 e. The summed E-state index contributed by atoms with van der Waals surface area (Å²) in [5.74, 6) is 1.98. The lowest BCUT2D eigenvalue weighted by Crippen LogP contribution is -2.37. The maximum atomic E-state index is 12.5. The number of benzene rings is 1. The third-order valence-corrected chi connectivity index (χ3v) is 4.87. The highest BCUT2D eigenvalue weighted by atomic mass is 16.5. The van der Waals surface area contributed by atoms with Crippen molar-refractivity contribution >= 4 is 17.6 Å². The van der Waals surface area contributed by atoms with E-state index in [1.165, 1.54) is 5.56 Å². The summed E-state index contributed by atoms with van der Waals surface area (Å²) in [5.41, 5.74) is 3.26. The second kappa shape index (κ2) is 9.39. The van der Waals surface area contributed by atoms with Gasteiger partial charge in [0.05, 0.1) is 12.2 Å². The van der Waals surface area contributed by atoms with E-state index in [2.05, 4.69) is 40.7 Å². The maximum absolute atomic E-state index is 12.5. The van der Waals surface area contributed by atoms with Crippen molar-refractivity contribution in [2.75, 3.05) is 25.0 Å². The number of nitrogens with one attached hydrogen (secondary N) is 2. The van der Waals surface area contributed by atoms with Gasteiger partial charge in [0.2, 0.25) is 5.91 Å². The number of hydrogen-bond acceptors (Lipinski definition) is 4. The van der Waals surface area contributed by atoms with Crippen molar-refractivity contribution in [2.24, 2.45) is 4.99 Å². The van der Waals surface area contributed by atoms with Crippen LogP contribution < -0.4 is 15.5 Å². The van der Waals surface area contributed by atoms with Gasteiger partial charge in [0.1, 0.15) is 0 Å². The van der Waals surface area contributed by atoms with Crippen LogP contribution in [0.4, 0.5) is 5.69 Å². The quantitative estimate of drug-likeness (QED) is 0.436. The first-order valence-corrected chi connectivity index (χ1v) is 9.86. The molecule has 7 heteroatoms. The maximum Gasteiger partial charge on any atom is 0.227 e. The van der Waals surface area contributed by atoms with Crippen LogP contribution in [-0.4, -0.2) is 37.2 Å². The summed E-state index contributed by atoms with van der Waals surface area (Å²) in [4.78, 5) is 18.6. The summed E-state index contributed by atoms with van der Waals surface area (Å²) in [6.07, 6.45) is 2.20. The number of guanidine groups is 1. The minimum Gasteiger partial charge on any atom is -0.359 e. The predicted octanol–water partition coefficient (Wildman–Crippen LogP) is 2.83. The van der Waals surface area contributed by atoms with Gasteiger partial charge >= 0.3 is 0 Å². The van der Waals surface area contributed by atoms with Gasteiger partial charge in [-0.05, 0) is 30.4 Å². The van der Waals surface area contributed by atoms with Crippen molar-refractivity contribution in [1.82, 2.24) is 15.8 Å². The number of para-hydroxylation sites is 1. The Balaban J connectivity index is 1.38. The van der Waals surface area contributed by atoms with E-state index < -0.39 is 0 Å². The fourth-order valence-corrected chi connectivity index (χ4v) is 3.25. The molecule has 1 aromatic carbocycles. The van der Waals surface area contributed by atoms with Crippen molar-refractivity contribution in [3.05, 3.63) is 47.3 Å². The minimum absolute atomic E-state index is 0.178. The third kappa shape index (κ3) is 4.91. The number of hydrogen-bond donors (Lipinski definition) is 2. The van der Waals surface area contributed by atoms with Crippen molar-refractivity contribution in [1.29, 1.82) is 0 Å². The van der Waals surface area contributed by atoms with Gasteiger partial charge in [-0.15, -0.1) is 0 Å². The smallest absolute Gasteiger partial charge is 0.227 e. The number of carbonyl (C=O) groups excluding carboxylic acids is 1.